The highest BCUT2D eigenvalue weighted by Gasteiger charge is 2.35. The largest absolute Gasteiger partial charge is 0.488 e. The minimum Gasteiger partial charge on any atom is -0.488 e. The van der Waals surface area contributed by atoms with Crippen molar-refractivity contribution in [1.82, 2.24) is 0 Å². The molecule has 0 amide bonds. The third kappa shape index (κ3) is 27.7. The van der Waals surface area contributed by atoms with E-state index in [2.05, 4.69) is 20.0 Å². The van der Waals surface area contributed by atoms with Crippen molar-refractivity contribution in [1.29, 1.82) is 0 Å². The highest BCUT2D eigenvalue weighted by molar-refractivity contribution is 5.90. The summed E-state index contributed by atoms with van der Waals surface area (Å²) in [5.74, 6) is -2.10. The van der Waals surface area contributed by atoms with Gasteiger partial charge in [0.15, 0.2) is 23.1 Å². The van der Waals surface area contributed by atoms with E-state index in [9.17, 15) is 63.9 Å². The van der Waals surface area contributed by atoms with Gasteiger partial charge >= 0.3 is 18.1 Å². The van der Waals surface area contributed by atoms with E-state index in [1.165, 1.54) is 54.7 Å². The minimum atomic E-state index is -4.50. The number of hydrogen-bond acceptors (Lipinski definition) is 16. The molecule has 0 radical (unpaired) electrons. The molecule has 12 aromatic rings. The van der Waals surface area contributed by atoms with Crippen LogP contribution in [-0.2, 0) is 65.0 Å². The fraction of sp³-hybridized carbons (Fsp3) is 0.204. The Bertz CT molecular complexity index is 5920. The average Bonchev–Trinajstić information content (AvgIpc) is 0.831. The van der Waals surface area contributed by atoms with Crippen molar-refractivity contribution < 1.29 is 103 Å². The first-order chi connectivity index (χ1) is 59.1. The van der Waals surface area contributed by atoms with Crippen molar-refractivity contribution in [2.24, 2.45) is 20.0 Å². The molecule has 26 heteroatoms. The molecule has 0 aromatic heterocycles. The molecule has 0 aliphatic rings. The number of nitrogens with zero attached hydrogens (tertiary/aromatic N) is 4. The summed E-state index contributed by atoms with van der Waals surface area (Å²) in [6, 6.07) is 58.2. The second kappa shape index (κ2) is 46.8. The summed E-state index contributed by atoms with van der Waals surface area (Å²) >= 11 is 0. The van der Waals surface area contributed by atoms with Crippen LogP contribution in [-0.4, -0.2) is 46.5 Å². The van der Waals surface area contributed by atoms with E-state index >= 15 is 0 Å². The van der Waals surface area contributed by atoms with Crippen LogP contribution < -0.4 is 28.4 Å². The van der Waals surface area contributed by atoms with Crippen LogP contribution in [0.3, 0.4) is 0 Å². The molecule has 124 heavy (non-hydrogen) atoms. The molecular formula is C98H88F8N4O14. The van der Waals surface area contributed by atoms with Crippen molar-refractivity contribution in [3.63, 3.8) is 0 Å². The third-order valence-corrected chi connectivity index (χ3v) is 19.1. The maximum absolute atomic E-state index is 14.2. The lowest BCUT2D eigenvalue weighted by Gasteiger charge is -2.15. The highest BCUT2D eigenvalue weighted by atomic mass is 19.4. The van der Waals surface area contributed by atoms with Crippen LogP contribution in [0, 0.1) is 119 Å². The average molecular weight is 1700 g/mol. The van der Waals surface area contributed by atoms with Gasteiger partial charge in [0.1, 0.15) is 80.1 Å². The Morgan fingerprint density at radius 2 is 0.669 bits per heavy atom. The number of hydrogen-bond donors (Lipinski definition) is 2. The Kier molecular flexibility index (Phi) is 36.4. The zero-order chi connectivity index (χ0) is 90.9. The molecule has 0 heterocycles. The Morgan fingerprint density at radius 3 is 1.13 bits per heavy atom. The van der Waals surface area contributed by atoms with Crippen LogP contribution in [0.25, 0.3) is 0 Å². The second-order valence-electron chi connectivity index (χ2n) is 28.1. The molecule has 12 rings (SSSR count). The van der Waals surface area contributed by atoms with Crippen LogP contribution in [0.4, 0.5) is 57.9 Å². The molecule has 0 bridgehead atoms. The number of para-hydroxylation sites is 4. The molecule has 0 fully saturated rings. The SMILES string of the molecule is Cc1cc(C)c(OCc2ccccc2C(=O)O)c(F)c1C.Cc1cc(C)c(OCc2ccccc2N=C=O)c(F)c1.Cc1cc(C)c(OCc2ccccc2N=C=O)cc1F.Cc1cc(OCc2ccccc2C(=O)O)c(C)c(F)c1C.Cc1ccc(OCc2ccccc2N=C=O)c(C(F)(F)F)c1.Cc1ccc(OCc2ccccc2N=C=O)c(C)c1F. The Labute approximate surface area is 712 Å². The van der Waals surface area contributed by atoms with Gasteiger partial charge in [-0.2, -0.15) is 33.1 Å². The minimum absolute atomic E-state index is 0.0166. The molecule has 0 unspecified atom stereocenters. The molecule has 640 valence electrons. The number of ether oxygens (including phenoxy) is 6. The third-order valence-electron chi connectivity index (χ3n) is 19.1. The molecule has 0 aliphatic carbocycles. The number of benzene rings is 12. The maximum Gasteiger partial charge on any atom is 0.419 e. The van der Waals surface area contributed by atoms with Crippen molar-refractivity contribution in [3.8, 4) is 34.5 Å². The first-order valence-corrected chi connectivity index (χ1v) is 38.1. The lowest BCUT2D eigenvalue weighted by molar-refractivity contribution is -0.139. The van der Waals surface area contributed by atoms with Gasteiger partial charge in [-0.3, -0.25) is 0 Å². The first-order valence-electron chi connectivity index (χ1n) is 38.1. The molecule has 0 aliphatic heterocycles. The summed E-state index contributed by atoms with van der Waals surface area (Å²) in [5.41, 5.74) is 13.6. The second-order valence-corrected chi connectivity index (χ2v) is 28.1. The van der Waals surface area contributed by atoms with Gasteiger partial charge in [-0.15, -0.1) is 0 Å². The quantitative estimate of drug-likeness (QED) is 0.0324. The van der Waals surface area contributed by atoms with Crippen LogP contribution in [0.15, 0.2) is 232 Å². The molecule has 2 N–H and O–H groups in total. The smallest absolute Gasteiger partial charge is 0.419 e. The van der Waals surface area contributed by atoms with Gasteiger partial charge in [-0.05, 0) is 218 Å². The van der Waals surface area contributed by atoms with Gasteiger partial charge in [0, 0.05) is 50.6 Å². The monoisotopic (exact) mass is 1700 g/mol. The first kappa shape index (κ1) is 96.5. The number of aromatic carboxylic acids is 2. The lowest BCUT2D eigenvalue weighted by Crippen LogP contribution is -2.09. The van der Waals surface area contributed by atoms with Crippen molar-refractivity contribution in [2.75, 3.05) is 0 Å². The van der Waals surface area contributed by atoms with Crippen molar-refractivity contribution in [2.45, 2.75) is 136 Å². The topological polar surface area (TPSA) is 248 Å². The van der Waals surface area contributed by atoms with E-state index < -0.39 is 23.7 Å². The Morgan fingerprint density at radius 1 is 0.306 bits per heavy atom. The standard InChI is InChI=1S/2C17H17FO3.C16H12F3NO2.3C16H14FNO2/c1-10-8-15(12(3)16(18)11(10)2)21-9-13-6-4-5-7-14(13)17(19)20;1-10-8-11(2)16(15(18)12(10)3)21-9-13-6-4-5-7-14(13)17(19)20;1-11-6-7-15(13(8-11)16(17,18)19)22-9-12-4-2-3-5-14(12)20-10-21;1-11-7-12(2)16(8-14(11)17)20-9-13-5-3-4-6-15(13)18-10-19;1-11-7-12(2)16(14(17)8-11)20-9-13-5-3-4-6-15(13)18-10-19;1-11-7-8-15(12(2)16(11)17)20-9-13-5-3-4-6-14(13)18-10-19/h2*4-8H,9H2,1-3H3,(H,19,20);2-8H,9H2,1H3;3*3-8H,9H2,1-2H3. The number of carbonyl (C=O) groups is 2. The fourth-order valence-electron chi connectivity index (χ4n) is 12.1. The number of isocyanates is 4. The number of carboxylic acid groups (broad SMARTS) is 2. The van der Waals surface area contributed by atoms with E-state index in [1.54, 1.807) is 214 Å². The number of carboxylic acids is 2. The summed E-state index contributed by atoms with van der Waals surface area (Å²) in [4.78, 5) is 78.0. The summed E-state index contributed by atoms with van der Waals surface area (Å²) in [6.07, 6.45) is 1.43. The molecule has 18 nitrogen and oxygen atoms in total. The summed E-state index contributed by atoms with van der Waals surface area (Å²) in [7, 11) is 0. The number of alkyl halides is 3. The molecule has 0 spiro atoms. The molecule has 0 saturated carbocycles. The van der Waals surface area contributed by atoms with Gasteiger partial charge in [0.25, 0.3) is 0 Å². The van der Waals surface area contributed by atoms with Gasteiger partial charge < -0.3 is 38.6 Å². The molecule has 12 aromatic carbocycles. The lowest BCUT2D eigenvalue weighted by atomic mass is 10.0. The number of carbonyl (C=O) groups excluding carboxylic acids is 4. The predicted octanol–water partition coefficient (Wildman–Crippen LogP) is 24.6. The van der Waals surface area contributed by atoms with Gasteiger partial charge in [-0.1, -0.05) is 139 Å². The van der Waals surface area contributed by atoms with Crippen LogP contribution in [0.1, 0.15) is 132 Å². The Balaban J connectivity index is 0.000000204. The normalized spacial score (nSPS) is 10.3. The van der Waals surface area contributed by atoms with E-state index in [4.69, 9.17) is 38.6 Å². The van der Waals surface area contributed by atoms with Crippen LogP contribution >= 0.6 is 0 Å². The zero-order valence-corrected chi connectivity index (χ0v) is 70.1. The van der Waals surface area contributed by atoms with E-state index in [-0.39, 0.29) is 97.1 Å². The highest BCUT2D eigenvalue weighted by Crippen LogP contribution is 2.39. The van der Waals surface area contributed by atoms with Gasteiger partial charge in [0.2, 0.25) is 24.3 Å². The van der Waals surface area contributed by atoms with E-state index in [0.29, 0.717) is 107 Å². The molecule has 0 atom stereocenters. The number of aliphatic imine (C=N–C) groups is 4. The van der Waals surface area contributed by atoms with Crippen LogP contribution in [0.5, 0.6) is 34.5 Å². The van der Waals surface area contributed by atoms with Crippen molar-refractivity contribution in [3.05, 3.63) is 364 Å². The van der Waals surface area contributed by atoms with Crippen molar-refractivity contribution >= 4 is 59.0 Å². The summed E-state index contributed by atoms with van der Waals surface area (Å²) in [6.45, 7) is 23.2. The number of rotatable bonds is 24. The van der Waals surface area contributed by atoms with Gasteiger partial charge in [0.05, 0.1) is 39.4 Å². The number of aryl methyl sites for hydroxylation is 9. The van der Waals surface area contributed by atoms with E-state index in [1.807, 2.05) is 52.0 Å². The van der Waals surface area contributed by atoms with Crippen LogP contribution in [0.2, 0.25) is 0 Å². The zero-order valence-electron chi connectivity index (χ0n) is 70.1. The molecular weight excluding hydrogens is 1610 g/mol. The summed E-state index contributed by atoms with van der Waals surface area (Å²) < 4.78 is 142. The van der Waals surface area contributed by atoms with E-state index in [0.717, 1.165) is 45.0 Å². The molecule has 0 saturated heterocycles. The predicted molar refractivity (Wildman–Crippen MR) is 455 cm³/mol. The Hall–Kier alpha value is -14.7. The summed E-state index contributed by atoms with van der Waals surface area (Å²) in [5, 5.41) is 18.2. The number of halogens is 8. The van der Waals surface area contributed by atoms with Gasteiger partial charge in [-0.25, -0.2) is 50.7 Å². The fourth-order valence-corrected chi connectivity index (χ4v) is 12.1. The maximum atomic E-state index is 14.2.